The van der Waals surface area contributed by atoms with Crippen LogP contribution in [0, 0.1) is 0 Å². The zero-order valence-electron chi connectivity index (χ0n) is 11.2. The van der Waals surface area contributed by atoms with Crippen molar-refractivity contribution in [2.45, 2.75) is 18.9 Å². The summed E-state index contributed by atoms with van der Waals surface area (Å²) in [6, 6.07) is 9.68. The van der Waals surface area contributed by atoms with Crippen molar-refractivity contribution in [3.05, 3.63) is 42.2 Å². The van der Waals surface area contributed by atoms with Crippen LogP contribution in [0.5, 0.6) is 0 Å². The van der Waals surface area contributed by atoms with Crippen LogP contribution in [0.3, 0.4) is 0 Å². The van der Waals surface area contributed by atoms with Crippen molar-refractivity contribution < 1.29 is 13.9 Å². The number of rotatable bonds is 4. The second-order valence-electron chi connectivity index (χ2n) is 4.90. The zero-order valence-corrected chi connectivity index (χ0v) is 11.2. The van der Waals surface area contributed by atoms with Crippen molar-refractivity contribution in [2.75, 3.05) is 13.2 Å². The number of furan rings is 1. The van der Waals surface area contributed by atoms with Gasteiger partial charge in [-0.15, -0.1) is 0 Å². The fraction of sp³-hybridized carbons (Fsp3) is 0.312. The highest BCUT2D eigenvalue weighted by atomic mass is 16.5. The largest absolute Gasteiger partial charge is 0.457 e. The quantitative estimate of drug-likeness (QED) is 0.870. The minimum absolute atomic E-state index is 0.124. The Morgan fingerprint density at radius 2 is 2.30 bits per heavy atom. The van der Waals surface area contributed by atoms with Gasteiger partial charge in [0.15, 0.2) is 0 Å². The number of fused-ring (bicyclic) bond motifs is 1. The van der Waals surface area contributed by atoms with Gasteiger partial charge in [0.25, 0.3) is 0 Å². The van der Waals surface area contributed by atoms with Crippen LogP contribution in [0.1, 0.15) is 18.6 Å². The lowest BCUT2D eigenvalue weighted by molar-refractivity contribution is -0.116. The monoisotopic (exact) mass is 271 g/mol. The number of para-hydroxylation sites is 1. The van der Waals surface area contributed by atoms with E-state index in [1.54, 1.807) is 6.08 Å². The number of carbonyl (C=O) groups is 1. The molecule has 1 saturated heterocycles. The Morgan fingerprint density at radius 1 is 1.40 bits per heavy atom. The third-order valence-electron chi connectivity index (χ3n) is 3.37. The van der Waals surface area contributed by atoms with E-state index in [0.29, 0.717) is 12.3 Å². The first-order valence-corrected chi connectivity index (χ1v) is 6.87. The lowest BCUT2D eigenvalue weighted by Gasteiger charge is -2.08. The Morgan fingerprint density at radius 3 is 3.10 bits per heavy atom. The summed E-state index contributed by atoms with van der Waals surface area (Å²) in [6.45, 7) is 1.37. The molecule has 4 nitrogen and oxygen atoms in total. The van der Waals surface area contributed by atoms with E-state index in [1.165, 1.54) is 6.08 Å². The molecule has 1 aromatic heterocycles. The molecule has 1 aliphatic heterocycles. The molecular formula is C16H17NO3. The fourth-order valence-corrected chi connectivity index (χ4v) is 2.32. The molecule has 1 atom stereocenters. The molecule has 4 heteroatoms. The van der Waals surface area contributed by atoms with E-state index in [9.17, 15) is 4.79 Å². The maximum Gasteiger partial charge on any atom is 0.244 e. The molecule has 0 saturated carbocycles. The molecule has 1 fully saturated rings. The van der Waals surface area contributed by atoms with Crippen LogP contribution in [0.4, 0.5) is 0 Å². The van der Waals surface area contributed by atoms with Gasteiger partial charge in [-0.1, -0.05) is 18.2 Å². The van der Waals surface area contributed by atoms with Gasteiger partial charge in [-0.25, -0.2) is 0 Å². The summed E-state index contributed by atoms with van der Waals surface area (Å²) < 4.78 is 11.1. The van der Waals surface area contributed by atoms with Crippen LogP contribution in [-0.2, 0) is 9.53 Å². The number of amides is 1. The molecule has 0 spiro atoms. The highest BCUT2D eigenvalue weighted by Gasteiger charge is 2.15. The van der Waals surface area contributed by atoms with E-state index in [1.807, 2.05) is 30.3 Å². The van der Waals surface area contributed by atoms with Gasteiger partial charge in [-0.2, -0.15) is 0 Å². The number of hydrogen-bond acceptors (Lipinski definition) is 3. The predicted molar refractivity (Wildman–Crippen MR) is 77.2 cm³/mol. The van der Waals surface area contributed by atoms with Crippen molar-refractivity contribution >= 4 is 23.0 Å². The van der Waals surface area contributed by atoms with Crippen molar-refractivity contribution in [3.8, 4) is 0 Å². The molecule has 1 N–H and O–H groups in total. The third kappa shape index (κ3) is 3.08. The summed E-state index contributed by atoms with van der Waals surface area (Å²) >= 11 is 0. The van der Waals surface area contributed by atoms with E-state index < -0.39 is 0 Å². The third-order valence-corrected chi connectivity index (χ3v) is 3.37. The van der Waals surface area contributed by atoms with Crippen molar-refractivity contribution in [3.63, 3.8) is 0 Å². The van der Waals surface area contributed by atoms with Gasteiger partial charge in [0.05, 0.1) is 6.10 Å². The van der Waals surface area contributed by atoms with Gasteiger partial charge in [0.1, 0.15) is 11.3 Å². The molecule has 2 aromatic rings. The molecule has 1 aromatic carbocycles. The van der Waals surface area contributed by atoms with Crippen LogP contribution in [-0.4, -0.2) is 25.2 Å². The first-order chi connectivity index (χ1) is 9.81. The van der Waals surface area contributed by atoms with Gasteiger partial charge in [-0.05, 0) is 31.1 Å². The van der Waals surface area contributed by atoms with E-state index in [0.717, 1.165) is 30.4 Å². The molecule has 3 rings (SSSR count). The van der Waals surface area contributed by atoms with Crippen LogP contribution in [0.15, 0.2) is 40.8 Å². The standard InChI is InChI=1S/C16H17NO3/c18-16(17-11-14-5-3-9-19-14)8-7-13-10-12-4-1-2-6-15(12)20-13/h1-2,4,6-8,10,14H,3,5,9,11H2,(H,17,18)/b8-7-/t14-/m0/s1. The van der Waals surface area contributed by atoms with E-state index in [2.05, 4.69) is 5.32 Å². The van der Waals surface area contributed by atoms with Crippen LogP contribution >= 0.6 is 0 Å². The van der Waals surface area contributed by atoms with Crippen molar-refractivity contribution in [1.29, 1.82) is 0 Å². The van der Waals surface area contributed by atoms with Gasteiger partial charge >= 0.3 is 0 Å². The first kappa shape index (κ1) is 12.9. The average molecular weight is 271 g/mol. The maximum absolute atomic E-state index is 11.7. The van der Waals surface area contributed by atoms with Gasteiger partial charge in [-0.3, -0.25) is 4.79 Å². The number of benzene rings is 1. The van der Waals surface area contributed by atoms with Gasteiger partial charge in [0.2, 0.25) is 5.91 Å². The first-order valence-electron chi connectivity index (χ1n) is 6.87. The predicted octanol–water partition coefficient (Wildman–Crippen LogP) is 2.74. The highest BCUT2D eigenvalue weighted by Crippen LogP contribution is 2.19. The number of hydrogen-bond donors (Lipinski definition) is 1. The SMILES string of the molecule is O=C(/C=C\c1cc2ccccc2o1)NC[C@@H]1CCCO1. The Hall–Kier alpha value is -2.07. The fourth-order valence-electron chi connectivity index (χ4n) is 2.32. The summed E-state index contributed by atoms with van der Waals surface area (Å²) in [7, 11) is 0. The van der Waals surface area contributed by atoms with Gasteiger partial charge in [0, 0.05) is 24.6 Å². The zero-order chi connectivity index (χ0) is 13.8. The van der Waals surface area contributed by atoms with E-state index in [-0.39, 0.29) is 12.0 Å². The minimum Gasteiger partial charge on any atom is -0.457 e. The second-order valence-corrected chi connectivity index (χ2v) is 4.90. The molecule has 0 radical (unpaired) electrons. The Bertz CT molecular complexity index is 590. The number of ether oxygens (including phenoxy) is 1. The second kappa shape index (κ2) is 5.92. The molecule has 104 valence electrons. The normalized spacial score (nSPS) is 18.9. The molecule has 0 aliphatic carbocycles. The summed E-state index contributed by atoms with van der Waals surface area (Å²) in [5, 5.41) is 3.87. The molecule has 0 bridgehead atoms. The summed E-state index contributed by atoms with van der Waals surface area (Å²) in [5.41, 5.74) is 0.826. The summed E-state index contributed by atoms with van der Waals surface area (Å²) in [4.78, 5) is 11.7. The number of carbonyl (C=O) groups excluding carboxylic acids is 1. The topological polar surface area (TPSA) is 51.5 Å². The lowest BCUT2D eigenvalue weighted by atomic mass is 10.2. The smallest absolute Gasteiger partial charge is 0.244 e. The molecule has 1 aliphatic rings. The Balaban J connectivity index is 1.56. The summed E-state index contributed by atoms with van der Waals surface area (Å²) in [5.74, 6) is 0.555. The van der Waals surface area contributed by atoms with Gasteiger partial charge < -0.3 is 14.5 Å². The molecule has 2 heterocycles. The molecular weight excluding hydrogens is 254 g/mol. The highest BCUT2D eigenvalue weighted by molar-refractivity contribution is 5.92. The average Bonchev–Trinajstić information content (AvgIpc) is 3.11. The van der Waals surface area contributed by atoms with Crippen LogP contribution in [0.2, 0.25) is 0 Å². The number of nitrogens with one attached hydrogen (secondary N) is 1. The van der Waals surface area contributed by atoms with Crippen molar-refractivity contribution in [1.82, 2.24) is 5.32 Å². The maximum atomic E-state index is 11.7. The van der Waals surface area contributed by atoms with Crippen LogP contribution < -0.4 is 5.32 Å². The molecule has 0 unspecified atom stereocenters. The summed E-state index contributed by atoms with van der Waals surface area (Å²) in [6.07, 6.45) is 5.44. The van der Waals surface area contributed by atoms with E-state index >= 15 is 0 Å². The molecule has 20 heavy (non-hydrogen) atoms. The van der Waals surface area contributed by atoms with Crippen molar-refractivity contribution in [2.24, 2.45) is 0 Å². The van der Waals surface area contributed by atoms with E-state index in [4.69, 9.17) is 9.15 Å². The minimum atomic E-state index is -0.124. The lowest BCUT2D eigenvalue weighted by Crippen LogP contribution is -2.30. The Labute approximate surface area is 117 Å². The molecule has 1 amide bonds. The van der Waals surface area contributed by atoms with Crippen LogP contribution in [0.25, 0.3) is 17.0 Å². The Kier molecular flexibility index (Phi) is 3.83.